The Morgan fingerprint density at radius 3 is 2.42 bits per heavy atom. The zero-order valence-corrected chi connectivity index (χ0v) is 22.1. The van der Waals surface area contributed by atoms with Crippen LogP contribution in [0.4, 0.5) is 10.5 Å². The Balaban J connectivity index is 1.25. The molecule has 0 saturated carbocycles. The molecule has 40 heavy (non-hydrogen) atoms. The number of amides is 4. The summed E-state index contributed by atoms with van der Waals surface area (Å²) in [7, 11) is 0. The van der Waals surface area contributed by atoms with Gasteiger partial charge in [-0.2, -0.15) is 0 Å². The molecule has 10 heteroatoms. The number of piperidine rings is 1. The summed E-state index contributed by atoms with van der Waals surface area (Å²) in [5.41, 5.74) is 2.09. The number of hydrogen-bond acceptors (Lipinski definition) is 7. The quantitative estimate of drug-likeness (QED) is 0.392. The first-order valence-electron chi connectivity index (χ1n) is 13.0. The zero-order valence-electron chi connectivity index (χ0n) is 22.1. The second-order valence-corrected chi connectivity index (χ2v) is 9.80. The first-order chi connectivity index (χ1) is 19.3. The summed E-state index contributed by atoms with van der Waals surface area (Å²) in [6.45, 7) is 3.75. The highest BCUT2D eigenvalue weighted by Crippen LogP contribution is 2.37. The second kappa shape index (κ2) is 11.5. The van der Waals surface area contributed by atoms with Gasteiger partial charge in [-0.05, 0) is 62.2 Å². The smallest absolute Gasteiger partial charge is 0.411 e. The monoisotopic (exact) mass is 543 g/mol. The Labute approximate surface area is 231 Å². The van der Waals surface area contributed by atoms with Crippen LogP contribution < -0.4 is 20.1 Å². The van der Waals surface area contributed by atoms with E-state index in [9.17, 15) is 19.2 Å². The van der Waals surface area contributed by atoms with Gasteiger partial charge < -0.3 is 19.1 Å². The molecule has 0 aliphatic carbocycles. The Kier molecular flexibility index (Phi) is 7.68. The number of nitrogens with one attached hydrogen (secondary N) is 2. The molecule has 1 fully saturated rings. The van der Waals surface area contributed by atoms with Gasteiger partial charge >= 0.3 is 6.09 Å². The van der Waals surface area contributed by atoms with Gasteiger partial charge in [0.2, 0.25) is 11.8 Å². The highest BCUT2D eigenvalue weighted by molar-refractivity contribution is 6.06. The van der Waals surface area contributed by atoms with Crippen LogP contribution >= 0.6 is 0 Å². The number of nitrogens with zero attached hydrogens (tertiary/aromatic N) is 1. The van der Waals surface area contributed by atoms with Crippen LogP contribution in [0.5, 0.6) is 17.2 Å². The molecule has 2 aliphatic rings. The lowest BCUT2D eigenvalue weighted by Crippen LogP contribution is -2.52. The van der Waals surface area contributed by atoms with E-state index in [2.05, 4.69) is 10.6 Å². The maximum atomic E-state index is 13.5. The minimum Gasteiger partial charge on any atom is -0.490 e. The van der Waals surface area contributed by atoms with Crippen molar-refractivity contribution >= 4 is 29.5 Å². The highest BCUT2D eigenvalue weighted by Gasteiger charge is 2.41. The van der Waals surface area contributed by atoms with Crippen LogP contribution in [0, 0.1) is 0 Å². The molecule has 3 aromatic carbocycles. The molecular formula is C30H29N3O7. The number of rotatable bonds is 8. The van der Waals surface area contributed by atoms with E-state index < -0.39 is 18.0 Å². The normalized spacial score (nSPS) is 16.4. The van der Waals surface area contributed by atoms with E-state index >= 15 is 0 Å². The van der Waals surface area contributed by atoms with E-state index in [1.165, 1.54) is 4.90 Å². The molecule has 0 bridgehead atoms. The van der Waals surface area contributed by atoms with Crippen LogP contribution in [0.2, 0.25) is 0 Å². The van der Waals surface area contributed by atoms with Gasteiger partial charge in [-0.3, -0.25) is 25.0 Å². The van der Waals surface area contributed by atoms with Crippen LogP contribution in [-0.4, -0.2) is 40.9 Å². The lowest BCUT2D eigenvalue weighted by molar-refractivity contribution is -0.136. The molecule has 1 saturated heterocycles. The lowest BCUT2D eigenvalue weighted by atomic mass is 10.0. The molecule has 5 rings (SSSR count). The summed E-state index contributed by atoms with van der Waals surface area (Å²) < 4.78 is 17.2. The third kappa shape index (κ3) is 5.90. The van der Waals surface area contributed by atoms with Crippen molar-refractivity contribution in [3.05, 3.63) is 83.4 Å². The average molecular weight is 544 g/mol. The van der Waals surface area contributed by atoms with Crippen molar-refractivity contribution in [2.24, 2.45) is 0 Å². The Hall–Kier alpha value is -4.86. The third-order valence-electron chi connectivity index (χ3n) is 6.52. The Morgan fingerprint density at radius 1 is 1.00 bits per heavy atom. The molecule has 206 valence electrons. The molecule has 0 aromatic heterocycles. The number of ether oxygens (including phenoxy) is 3. The SMILES string of the molecule is CC(C)Oc1c(COC(=O)Nc2ccc(Oc3ccccc3)cc2)ccc2c1C(=O)N(C1CCC(=O)NC1=O)C2. The Bertz CT molecular complexity index is 1440. The van der Waals surface area contributed by atoms with Crippen molar-refractivity contribution in [2.45, 2.75) is 52.0 Å². The molecule has 1 atom stereocenters. The second-order valence-electron chi connectivity index (χ2n) is 9.80. The van der Waals surface area contributed by atoms with Gasteiger partial charge in [-0.25, -0.2) is 4.79 Å². The fourth-order valence-electron chi connectivity index (χ4n) is 4.68. The summed E-state index contributed by atoms with van der Waals surface area (Å²) in [4.78, 5) is 51.5. The van der Waals surface area contributed by atoms with E-state index in [1.807, 2.05) is 44.2 Å². The fraction of sp³-hybridized carbons (Fsp3) is 0.267. The van der Waals surface area contributed by atoms with E-state index in [-0.39, 0.29) is 43.9 Å². The standard InChI is InChI=1S/C30H29N3O7/c1-18(2)39-27-20(9-8-19-16-33(29(36)26(19)27)24-14-15-25(34)32-28(24)35)17-38-30(37)31-21-10-12-23(13-11-21)40-22-6-4-3-5-7-22/h3-13,18,24H,14-17H2,1-2H3,(H,31,37)(H,32,34,35). The van der Waals surface area contributed by atoms with Crippen molar-refractivity contribution < 1.29 is 33.4 Å². The van der Waals surface area contributed by atoms with Crippen molar-refractivity contribution in [3.63, 3.8) is 0 Å². The predicted octanol–water partition coefficient (Wildman–Crippen LogP) is 4.78. The van der Waals surface area contributed by atoms with Gasteiger partial charge in [-0.15, -0.1) is 0 Å². The molecular weight excluding hydrogens is 514 g/mol. The van der Waals surface area contributed by atoms with Gasteiger partial charge in [0.05, 0.1) is 11.7 Å². The number of anilines is 1. The van der Waals surface area contributed by atoms with E-state index in [1.54, 1.807) is 36.4 Å². The van der Waals surface area contributed by atoms with E-state index in [0.29, 0.717) is 39.6 Å². The molecule has 0 spiro atoms. The number of imide groups is 1. The molecule has 4 amide bonds. The maximum absolute atomic E-state index is 13.5. The first kappa shape index (κ1) is 26.7. The van der Waals surface area contributed by atoms with Crippen molar-refractivity contribution in [2.75, 3.05) is 5.32 Å². The van der Waals surface area contributed by atoms with Gasteiger partial charge in [0, 0.05) is 24.2 Å². The molecule has 1 unspecified atom stereocenters. The summed E-state index contributed by atoms with van der Waals surface area (Å²) in [6.07, 6.45) is -0.499. The fourth-order valence-corrected chi connectivity index (χ4v) is 4.68. The van der Waals surface area contributed by atoms with Crippen molar-refractivity contribution in [1.29, 1.82) is 0 Å². The summed E-state index contributed by atoms with van der Waals surface area (Å²) >= 11 is 0. The largest absolute Gasteiger partial charge is 0.490 e. The minimum atomic E-state index is -0.737. The Morgan fingerprint density at radius 2 is 1.73 bits per heavy atom. The molecule has 2 aliphatic heterocycles. The van der Waals surface area contributed by atoms with Crippen molar-refractivity contribution in [3.8, 4) is 17.2 Å². The van der Waals surface area contributed by atoms with E-state index in [0.717, 1.165) is 0 Å². The summed E-state index contributed by atoms with van der Waals surface area (Å²) in [5, 5.41) is 4.98. The summed E-state index contributed by atoms with van der Waals surface area (Å²) in [6, 6.07) is 19.0. The van der Waals surface area contributed by atoms with Crippen LogP contribution in [0.1, 0.15) is 48.2 Å². The third-order valence-corrected chi connectivity index (χ3v) is 6.52. The molecule has 0 radical (unpaired) electrons. The number of hydrogen-bond donors (Lipinski definition) is 2. The molecule has 2 N–H and O–H groups in total. The molecule has 2 heterocycles. The minimum absolute atomic E-state index is 0.137. The zero-order chi connectivity index (χ0) is 28.2. The number of carbonyl (C=O) groups is 4. The average Bonchev–Trinajstić information content (AvgIpc) is 3.26. The highest BCUT2D eigenvalue weighted by atomic mass is 16.5. The molecule has 10 nitrogen and oxygen atoms in total. The van der Waals surface area contributed by atoms with Crippen LogP contribution in [-0.2, 0) is 27.5 Å². The first-order valence-corrected chi connectivity index (χ1v) is 13.0. The van der Waals surface area contributed by atoms with Crippen LogP contribution in [0.3, 0.4) is 0 Å². The van der Waals surface area contributed by atoms with Gasteiger partial charge in [0.1, 0.15) is 29.9 Å². The topological polar surface area (TPSA) is 123 Å². The maximum Gasteiger partial charge on any atom is 0.411 e. The number of carbonyl (C=O) groups excluding carboxylic acids is 4. The number of para-hydroxylation sites is 1. The van der Waals surface area contributed by atoms with E-state index in [4.69, 9.17) is 14.2 Å². The van der Waals surface area contributed by atoms with Gasteiger partial charge in [-0.1, -0.05) is 30.3 Å². The summed E-state index contributed by atoms with van der Waals surface area (Å²) in [5.74, 6) is 0.462. The van der Waals surface area contributed by atoms with Gasteiger partial charge in [0.25, 0.3) is 5.91 Å². The van der Waals surface area contributed by atoms with Crippen LogP contribution in [0.25, 0.3) is 0 Å². The predicted molar refractivity (Wildman–Crippen MR) is 145 cm³/mol. The molecule has 3 aromatic rings. The van der Waals surface area contributed by atoms with Crippen molar-refractivity contribution in [1.82, 2.24) is 10.2 Å². The number of fused-ring (bicyclic) bond motifs is 1. The lowest BCUT2D eigenvalue weighted by Gasteiger charge is -2.29. The van der Waals surface area contributed by atoms with Gasteiger partial charge in [0.15, 0.2) is 0 Å². The van der Waals surface area contributed by atoms with Crippen LogP contribution in [0.15, 0.2) is 66.7 Å². The number of benzene rings is 3.